The lowest BCUT2D eigenvalue weighted by atomic mass is 10.3. The lowest BCUT2D eigenvalue weighted by molar-refractivity contribution is -0.108. The number of nitrogens with zero attached hydrogens (tertiary/aromatic N) is 2. The van der Waals surface area contributed by atoms with E-state index >= 15 is 0 Å². The van der Waals surface area contributed by atoms with E-state index in [1.165, 1.54) is 11.3 Å². The number of thiocarbonyl (C=S) groups is 1. The number of allylic oxidation sites excluding steroid dienone is 4. The van der Waals surface area contributed by atoms with Crippen LogP contribution in [0.4, 0.5) is 0 Å². The predicted octanol–water partition coefficient (Wildman–Crippen LogP) is 4.34. The Morgan fingerprint density at radius 2 is 1.91 bits per heavy atom. The third-order valence-electron chi connectivity index (χ3n) is 3.18. The van der Waals surface area contributed by atoms with E-state index in [9.17, 15) is 9.90 Å². The predicted molar refractivity (Wildman–Crippen MR) is 104 cm³/mol. The van der Waals surface area contributed by atoms with Crippen LogP contribution in [-0.2, 0) is 11.3 Å². The SMILES string of the molecule is CCN1C(=S)SC(=O)\C1=C/C=C/C=C/c1c(O)sc(=S)n1CC. The number of hydrogen-bond donors (Lipinski definition) is 1. The van der Waals surface area contributed by atoms with Gasteiger partial charge in [0, 0.05) is 13.1 Å². The second-order valence-corrected chi connectivity index (χ2v) is 7.73. The van der Waals surface area contributed by atoms with Crippen LogP contribution in [0.1, 0.15) is 19.5 Å². The summed E-state index contributed by atoms with van der Waals surface area (Å²) >= 11 is 12.6. The summed E-state index contributed by atoms with van der Waals surface area (Å²) in [7, 11) is 0. The van der Waals surface area contributed by atoms with Gasteiger partial charge in [0.25, 0.3) is 0 Å². The zero-order valence-corrected chi connectivity index (χ0v) is 15.9. The number of carbonyl (C=O) groups is 1. The highest BCUT2D eigenvalue weighted by atomic mass is 32.2. The molecule has 1 aromatic heterocycles. The number of rotatable bonds is 5. The Kier molecular flexibility index (Phi) is 6.34. The molecule has 1 saturated heterocycles. The molecule has 0 aromatic carbocycles. The Labute approximate surface area is 153 Å². The minimum Gasteiger partial charge on any atom is -0.498 e. The van der Waals surface area contributed by atoms with Gasteiger partial charge < -0.3 is 14.6 Å². The van der Waals surface area contributed by atoms with Crippen molar-refractivity contribution in [3.05, 3.63) is 39.6 Å². The summed E-state index contributed by atoms with van der Waals surface area (Å²) in [5, 5.41) is 10.1. The molecular formula is C15H16N2O2S4. The maximum absolute atomic E-state index is 11.8. The van der Waals surface area contributed by atoms with Gasteiger partial charge in [-0.1, -0.05) is 41.8 Å². The lowest BCUT2D eigenvalue weighted by Gasteiger charge is -2.13. The molecule has 4 nitrogen and oxygen atoms in total. The molecule has 1 aliphatic rings. The van der Waals surface area contributed by atoms with Crippen molar-refractivity contribution in [2.75, 3.05) is 6.54 Å². The summed E-state index contributed by atoms with van der Waals surface area (Å²) in [6.07, 6.45) is 8.95. The first-order chi connectivity index (χ1) is 11.0. The fourth-order valence-electron chi connectivity index (χ4n) is 2.07. The zero-order chi connectivity index (χ0) is 17.0. The average Bonchev–Trinajstić information content (AvgIpc) is 2.93. The second-order valence-electron chi connectivity index (χ2n) is 4.50. The van der Waals surface area contributed by atoms with E-state index in [0.29, 0.717) is 32.8 Å². The first-order valence-electron chi connectivity index (χ1n) is 7.00. The topological polar surface area (TPSA) is 45.5 Å². The van der Waals surface area contributed by atoms with Crippen LogP contribution < -0.4 is 0 Å². The van der Waals surface area contributed by atoms with Crippen LogP contribution in [0.3, 0.4) is 0 Å². The third kappa shape index (κ3) is 4.00. The van der Waals surface area contributed by atoms with Gasteiger partial charge in [-0.15, -0.1) is 0 Å². The average molecular weight is 385 g/mol. The first kappa shape index (κ1) is 18.1. The molecule has 0 atom stereocenters. The molecular weight excluding hydrogens is 368 g/mol. The number of aromatic nitrogens is 1. The maximum atomic E-state index is 11.8. The van der Waals surface area contributed by atoms with Crippen LogP contribution in [0.5, 0.6) is 5.06 Å². The standard InChI is InChI=1S/C15H16N2O2S4/c1-3-16-10(12(18)22-14(16)20)8-6-5-7-9-11-13(19)23-15(21)17(11)4-2/h5-9,18H,3-4H2,1-2H3/b7-5+,8-6+,11-9+. The third-order valence-corrected chi connectivity index (χ3v) is 5.71. The van der Waals surface area contributed by atoms with Gasteiger partial charge in [0.2, 0.25) is 5.12 Å². The van der Waals surface area contributed by atoms with Crippen LogP contribution >= 0.6 is 47.5 Å². The number of likely N-dealkylation sites (N-methyl/N-ethyl adjacent to an activating group) is 1. The highest BCUT2D eigenvalue weighted by Gasteiger charge is 2.29. The molecule has 1 aromatic rings. The number of thioether (sulfide) groups is 1. The minimum absolute atomic E-state index is 0.0273. The van der Waals surface area contributed by atoms with Crippen molar-refractivity contribution >= 4 is 63.0 Å². The first-order valence-corrected chi connectivity index (χ1v) is 9.45. The molecule has 23 heavy (non-hydrogen) atoms. The van der Waals surface area contributed by atoms with Gasteiger partial charge in [-0.05, 0) is 50.0 Å². The van der Waals surface area contributed by atoms with Gasteiger partial charge in [-0.3, -0.25) is 4.79 Å². The Hall–Kier alpha value is -1.22. The van der Waals surface area contributed by atoms with Crippen molar-refractivity contribution in [1.29, 1.82) is 0 Å². The maximum Gasteiger partial charge on any atom is 0.242 e. The van der Waals surface area contributed by atoms with Crippen LogP contribution in [0.15, 0.2) is 30.0 Å². The normalized spacial score (nSPS) is 17.5. The summed E-state index contributed by atoms with van der Waals surface area (Å²) in [6, 6.07) is 0. The van der Waals surface area contributed by atoms with Crippen molar-refractivity contribution in [2.45, 2.75) is 20.4 Å². The highest BCUT2D eigenvalue weighted by Crippen LogP contribution is 2.29. The monoisotopic (exact) mass is 384 g/mol. The summed E-state index contributed by atoms with van der Waals surface area (Å²) < 4.78 is 3.11. The molecule has 2 rings (SSSR count). The summed E-state index contributed by atoms with van der Waals surface area (Å²) in [5.74, 6) is 0. The molecule has 0 unspecified atom stereocenters. The van der Waals surface area contributed by atoms with Crippen molar-refractivity contribution in [1.82, 2.24) is 9.47 Å². The van der Waals surface area contributed by atoms with Gasteiger partial charge >= 0.3 is 0 Å². The summed E-state index contributed by atoms with van der Waals surface area (Å²) in [6.45, 7) is 5.31. The molecule has 0 bridgehead atoms. The van der Waals surface area contributed by atoms with Crippen molar-refractivity contribution in [3.8, 4) is 5.06 Å². The molecule has 2 heterocycles. The van der Waals surface area contributed by atoms with E-state index in [1.54, 1.807) is 30.4 Å². The van der Waals surface area contributed by atoms with Crippen molar-refractivity contribution < 1.29 is 9.90 Å². The molecule has 0 aliphatic carbocycles. The fourth-order valence-corrected chi connectivity index (χ4v) is 4.56. The van der Waals surface area contributed by atoms with E-state index in [-0.39, 0.29) is 10.2 Å². The Balaban J connectivity index is 2.13. The van der Waals surface area contributed by atoms with E-state index in [4.69, 9.17) is 24.4 Å². The minimum atomic E-state index is -0.0273. The number of thiazole rings is 1. The largest absolute Gasteiger partial charge is 0.498 e. The molecule has 1 N–H and O–H groups in total. The molecule has 122 valence electrons. The van der Waals surface area contributed by atoms with Crippen LogP contribution in [0.25, 0.3) is 6.08 Å². The van der Waals surface area contributed by atoms with Gasteiger partial charge in [-0.25, -0.2) is 0 Å². The molecule has 1 fully saturated rings. The Morgan fingerprint density at radius 1 is 1.17 bits per heavy atom. The molecule has 1 aliphatic heterocycles. The Bertz CT molecular complexity index is 771. The van der Waals surface area contributed by atoms with Gasteiger partial charge in [0.15, 0.2) is 9.02 Å². The summed E-state index contributed by atoms with van der Waals surface area (Å²) in [5.41, 5.74) is 1.30. The second kappa shape index (κ2) is 8.05. The van der Waals surface area contributed by atoms with E-state index in [1.807, 2.05) is 23.3 Å². The van der Waals surface area contributed by atoms with E-state index in [2.05, 4.69) is 0 Å². The van der Waals surface area contributed by atoms with E-state index in [0.717, 1.165) is 11.8 Å². The molecule has 0 spiro atoms. The molecule has 8 heteroatoms. The van der Waals surface area contributed by atoms with Gasteiger partial charge in [0.05, 0.1) is 11.4 Å². The Morgan fingerprint density at radius 3 is 2.57 bits per heavy atom. The lowest BCUT2D eigenvalue weighted by Crippen LogP contribution is -2.21. The number of aromatic hydroxyl groups is 1. The van der Waals surface area contributed by atoms with Gasteiger partial charge in [0.1, 0.15) is 4.32 Å². The molecule has 0 amide bonds. The van der Waals surface area contributed by atoms with E-state index < -0.39 is 0 Å². The van der Waals surface area contributed by atoms with Crippen molar-refractivity contribution in [2.24, 2.45) is 0 Å². The summed E-state index contributed by atoms with van der Waals surface area (Å²) in [4.78, 5) is 13.7. The van der Waals surface area contributed by atoms with Crippen LogP contribution in [-0.4, -0.2) is 30.6 Å². The van der Waals surface area contributed by atoms with Crippen LogP contribution in [0.2, 0.25) is 0 Å². The molecule has 0 saturated carbocycles. The fraction of sp³-hybridized carbons (Fsp3) is 0.267. The van der Waals surface area contributed by atoms with Crippen molar-refractivity contribution in [3.63, 3.8) is 0 Å². The smallest absolute Gasteiger partial charge is 0.242 e. The highest BCUT2D eigenvalue weighted by molar-refractivity contribution is 8.33. The quantitative estimate of drug-likeness (QED) is 0.463. The number of carbonyl (C=O) groups excluding carboxylic acids is 1. The zero-order valence-electron chi connectivity index (χ0n) is 12.7. The van der Waals surface area contributed by atoms with Gasteiger partial charge in [-0.2, -0.15) is 0 Å². The molecule has 0 radical (unpaired) electrons. The van der Waals surface area contributed by atoms with Crippen LogP contribution in [0, 0.1) is 3.95 Å². The number of hydrogen-bond acceptors (Lipinski definition) is 6.